The number of rotatable bonds is 4. The Bertz CT molecular complexity index is 997. The Morgan fingerprint density at radius 1 is 1.03 bits per heavy atom. The summed E-state index contributed by atoms with van der Waals surface area (Å²) >= 11 is 0. The Labute approximate surface area is 184 Å². The van der Waals surface area contributed by atoms with E-state index in [0.717, 1.165) is 61.1 Å². The fourth-order valence-corrected chi connectivity index (χ4v) is 3.94. The molecule has 0 saturated heterocycles. The minimum absolute atomic E-state index is 0. The van der Waals surface area contributed by atoms with Gasteiger partial charge in [0, 0.05) is 12.0 Å². The number of aryl methyl sites for hydroxylation is 1. The molecule has 0 N–H and O–H groups in total. The van der Waals surface area contributed by atoms with Crippen LogP contribution in [-0.4, -0.2) is 11.2 Å². The average Bonchev–Trinajstić information content (AvgIpc) is 2.91. The highest BCUT2D eigenvalue weighted by Crippen LogP contribution is 2.33. The fourth-order valence-electron chi connectivity index (χ4n) is 3.94. The van der Waals surface area contributed by atoms with Crippen molar-refractivity contribution in [2.24, 2.45) is 0 Å². The third-order valence-corrected chi connectivity index (χ3v) is 5.30. The lowest BCUT2D eigenvalue weighted by Gasteiger charge is -2.10. The number of benzene rings is 2. The Morgan fingerprint density at radius 2 is 1.80 bits per heavy atom. The second-order valence-corrected chi connectivity index (χ2v) is 7.28. The lowest BCUT2D eigenvalue weighted by molar-refractivity contribution is -0.702. The first kappa shape index (κ1) is 22.4. The van der Waals surface area contributed by atoms with Gasteiger partial charge in [0.2, 0.25) is 0 Å². The molecule has 2 heterocycles. The first-order valence-electron chi connectivity index (χ1n) is 10.0. The summed E-state index contributed by atoms with van der Waals surface area (Å²) in [6, 6.07) is 13.3. The van der Waals surface area contributed by atoms with Crippen molar-refractivity contribution in [2.45, 2.75) is 45.3 Å². The molecule has 30 heavy (non-hydrogen) atoms. The normalized spacial score (nSPS) is 13.9. The summed E-state index contributed by atoms with van der Waals surface area (Å²) in [6.45, 7) is 3.40. The Kier molecular flexibility index (Phi) is 6.91. The number of hydrogen-bond donors (Lipinski definition) is 0. The lowest BCUT2D eigenvalue weighted by Crippen LogP contribution is -3.00. The van der Waals surface area contributed by atoms with Crippen molar-refractivity contribution >= 4 is 0 Å². The third kappa shape index (κ3) is 4.56. The molecule has 0 aliphatic carbocycles. The molecule has 7 heteroatoms. The fraction of sp³-hybridized carbons (Fsp3) is 0.348. The van der Waals surface area contributed by atoms with E-state index in [9.17, 15) is 13.2 Å². The van der Waals surface area contributed by atoms with Gasteiger partial charge in [-0.15, -0.1) is 0 Å². The van der Waals surface area contributed by atoms with Gasteiger partial charge in [-0.3, -0.25) is 0 Å². The van der Waals surface area contributed by atoms with Crippen molar-refractivity contribution < 1.29 is 39.5 Å². The van der Waals surface area contributed by atoms with Gasteiger partial charge in [-0.05, 0) is 68.7 Å². The molecule has 1 aliphatic heterocycles. The van der Waals surface area contributed by atoms with Gasteiger partial charge in [-0.2, -0.15) is 17.7 Å². The van der Waals surface area contributed by atoms with Gasteiger partial charge < -0.3 is 21.7 Å². The van der Waals surface area contributed by atoms with E-state index < -0.39 is 11.7 Å². The predicted molar refractivity (Wildman–Crippen MR) is 105 cm³/mol. The van der Waals surface area contributed by atoms with Crippen LogP contribution in [0.25, 0.3) is 16.9 Å². The van der Waals surface area contributed by atoms with E-state index in [1.165, 1.54) is 12.1 Å². The van der Waals surface area contributed by atoms with E-state index in [4.69, 9.17) is 4.74 Å². The number of alkyl halides is 3. The summed E-state index contributed by atoms with van der Waals surface area (Å²) in [4.78, 5) is 0. The van der Waals surface area contributed by atoms with E-state index in [2.05, 4.69) is 10.8 Å². The number of nitrogens with zero attached hydrogens (tertiary/aromatic N) is 2. The van der Waals surface area contributed by atoms with Gasteiger partial charge in [0.05, 0.1) is 18.7 Å². The predicted octanol–water partition coefficient (Wildman–Crippen LogP) is 2.58. The summed E-state index contributed by atoms with van der Waals surface area (Å²) in [6.07, 6.45) is 1.78. The average molecular weight is 481 g/mol. The zero-order chi connectivity index (χ0) is 20.4. The number of imidazole rings is 1. The van der Waals surface area contributed by atoms with E-state index >= 15 is 0 Å². The van der Waals surface area contributed by atoms with Crippen LogP contribution in [-0.2, 0) is 19.1 Å². The zero-order valence-corrected chi connectivity index (χ0v) is 18.3. The molecule has 0 spiro atoms. The number of aromatic nitrogens is 2. The molecule has 0 atom stereocenters. The van der Waals surface area contributed by atoms with Gasteiger partial charge >= 0.3 is 6.18 Å². The van der Waals surface area contributed by atoms with Crippen molar-refractivity contribution in [3.05, 3.63) is 66.1 Å². The summed E-state index contributed by atoms with van der Waals surface area (Å²) in [5.41, 5.74) is 1.75. The van der Waals surface area contributed by atoms with E-state index in [1.54, 1.807) is 6.07 Å². The van der Waals surface area contributed by atoms with Crippen molar-refractivity contribution in [3.8, 4) is 22.7 Å². The molecule has 0 amide bonds. The highest BCUT2D eigenvalue weighted by atomic mass is 79.9. The number of fused-ring (bicyclic) bond motifs is 1. The molecular formula is C23H24BrF3N2O. The molecule has 160 valence electrons. The Morgan fingerprint density at radius 3 is 2.50 bits per heavy atom. The molecule has 2 aromatic carbocycles. The number of halogens is 4. The maximum Gasteiger partial charge on any atom is 0.416 e. The van der Waals surface area contributed by atoms with Gasteiger partial charge in [-0.25, -0.2) is 4.57 Å². The summed E-state index contributed by atoms with van der Waals surface area (Å²) < 4.78 is 49.7. The molecule has 3 aromatic rings. The number of hydrogen-bond acceptors (Lipinski definition) is 1. The summed E-state index contributed by atoms with van der Waals surface area (Å²) in [5.74, 6) is 1.83. The standard InChI is InChI=1S/C23H24F3N2O.BrH/c1-2-29-20-12-10-17(11-13-20)21-16-27-14-5-3-4-9-22(27)28(21)19-8-6-7-18(15-19)23(24,25)26;/h6-8,10-13,15-16H,2-5,9,14H2,1H3;1H/q+1;/p-1. The first-order chi connectivity index (χ1) is 14.0. The molecule has 0 unspecified atom stereocenters. The minimum atomic E-state index is -4.37. The highest BCUT2D eigenvalue weighted by molar-refractivity contribution is 5.63. The molecule has 1 aromatic heterocycles. The van der Waals surface area contributed by atoms with Gasteiger partial charge in [0.1, 0.15) is 17.6 Å². The van der Waals surface area contributed by atoms with E-state index in [1.807, 2.05) is 35.8 Å². The molecule has 0 fully saturated rings. The molecule has 0 bridgehead atoms. The van der Waals surface area contributed by atoms with Crippen LogP contribution in [0.3, 0.4) is 0 Å². The van der Waals surface area contributed by atoms with Crippen molar-refractivity contribution in [1.82, 2.24) is 4.57 Å². The smallest absolute Gasteiger partial charge is 0.416 e. The lowest BCUT2D eigenvalue weighted by atomic mass is 10.1. The Hall–Kier alpha value is -2.28. The summed E-state index contributed by atoms with van der Waals surface area (Å²) in [5, 5.41) is 0. The molecule has 3 nitrogen and oxygen atoms in total. The molecule has 0 radical (unpaired) electrons. The van der Waals surface area contributed by atoms with Crippen molar-refractivity contribution in [2.75, 3.05) is 6.61 Å². The van der Waals surface area contributed by atoms with Gasteiger partial charge in [0.25, 0.3) is 5.82 Å². The quantitative estimate of drug-likeness (QED) is 0.525. The van der Waals surface area contributed by atoms with Gasteiger partial charge in [0.15, 0.2) is 5.69 Å². The van der Waals surface area contributed by atoms with Crippen molar-refractivity contribution in [1.29, 1.82) is 0 Å². The first-order valence-corrected chi connectivity index (χ1v) is 10.0. The molecule has 0 saturated carbocycles. The molecule has 1 aliphatic rings. The van der Waals surface area contributed by atoms with Crippen LogP contribution in [0.1, 0.15) is 37.6 Å². The topological polar surface area (TPSA) is 18.0 Å². The largest absolute Gasteiger partial charge is 1.00 e. The maximum atomic E-state index is 13.3. The second kappa shape index (κ2) is 9.25. The third-order valence-electron chi connectivity index (χ3n) is 5.30. The van der Waals surface area contributed by atoms with Crippen LogP contribution in [0.2, 0.25) is 0 Å². The van der Waals surface area contributed by atoms with E-state index in [0.29, 0.717) is 12.3 Å². The molecule has 4 rings (SSSR count). The van der Waals surface area contributed by atoms with Crippen LogP contribution < -0.4 is 26.3 Å². The SMILES string of the molecule is CCOc1ccc(-c2c[n+]3c(n2-c2cccc(C(F)(F)F)c2)CCCCC3)cc1.[Br-]. The summed E-state index contributed by atoms with van der Waals surface area (Å²) in [7, 11) is 0. The zero-order valence-electron chi connectivity index (χ0n) is 16.8. The van der Waals surface area contributed by atoms with Gasteiger partial charge in [-0.1, -0.05) is 6.07 Å². The molecular weight excluding hydrogens is 457 g/mol. The highest BCUT2D eigenvalue weighted by Gasteiger charge is 2.33. The van der Waals surface area contributed by atoms with Crippen LogP contribution in [0, 0.1) is 0 Å². The van der Waals surface area contributed by atoms with E-state index in [-0.39, 0.29) is 17.0 Å². The minimum Gasteiger partial charge on any atom is -1.00 e. The van der Waals surface area contributed by atoms with Crippen molar-refractivity contribution in [3.63, 3.8) is 0 Å². The van der Waals surface area contributed by atoms with Crippen LogP contribution >= 0.6 is 0 Å². The van der Waals surface area contributed by atoms with Crippen LogP contribution in [0.15, 0.2) is 54.7 Å². The Balaban J connectivity index is 0.00000256. The second-order valence-electron chi connectivity index (χ2n) is 7.28. The monoisotopic (exact) mass is 480 g/mol. The number of ether oxygens (including phenoxy) is 1. The van der Waals surface area contributed by atoms with Crippen LogP contribution in [0.4, 0.5) is 13.2 Å². The maximum absolute atomic E-state index is 13.3. The van der Waals surface area contributed by atoms with Crippen LogP contribution in [0.5, 0.6) is 5.75 Å².